The van der Waals surface area contributed by atoms with E-state index < -0.39 is 0 Å². The van der Waals surface area contributed by atoms with Gasteiger partial charge in [-0.05, 0) is 50.9 Å². The molecule has 2 fully saturated rings. The lowest BCUT2D eigenvalue weighted by Crippen LogP contribution is -2.53. The number of pyridine rings is 1. The maximum absolute atomic E-state index is 13.0. The molecule has 0 spiro atoms. The highest BCUT2D eigenvalue weighted by atomic mass is 31.0. The van der Waals surface area contributed by atoms with E-state index in [-0.39, 0.29) is 23.6 Å². The largest absolute Gasteiger partial charge is 0.492 e. The number of benzene rings is 1. The lowest BCUT2D eigenvalue weighted by molar-refractivity contribution is -0.127. The van der Waals surface area contributed by atoms with E-state index in [1.807, 2.05) is 37.8 Å². The second-order valence-corrected chi connectivity index (χ2v) is 12.0. The molecule has 9 nitrogen and oxygen atoms in total. The van der Waals surface area contributed by atoms with Crippen molar-refractivity contribution in [2.45, 2.75) is 69.0 Å². The van der Waals surface area contributed by atoms with Crippen LogP contribution in [0.25, 0.3) is 22.0 Å². The third-order valence-corrected chi connectivity index (χ3v) is 8.53. The Morgan fingerprint density at radius 3 is 2.77 bits per heavy atom. The van der Waals surface area contributed by atoms with Gasteiger partial charge in [-0.3, -0.25) is 14.7 Å². The fourth-order valence-electron chi connectivity index (χ4n) is 5.81. The maximum Gasteiger partial charge on any atom is 0.237 e. The summed E-state index contributed by atoms with van der Waals surface area (Å²) in [5.74, 6) is 1.50. The van der Waals surface area contributed by atoms with Gasteiger partial charge in [0.15, 0.2) is 5.82 Å². The van der Waals surface area contributed by atoms with Crippen LogP contribution in [0.4, 0.5) is 5.69 Å². The van der Waals surface area contributed by atoms with Crippen molar-refractivity contribution in [1.29, 1.82) is 0 Å². The minimum Gasteiger partial charge on any atom is -0.492 e. The molecule has 2 aliphatic heterocycles. The van der Waals surface area contributed by atoms with Gasteiger partial charge < -0.3 is 20.1 Å². The highest BCUT2D eigenvalue weighted by Gasteiger charge is 2.31. The third-order valence-electron chi connectivity index (χ3n) is 8.11. The van der Waals surface area contributed by atoms with Gasteiger partial charge in [0.1, 0.15) is 12.4 Å². The van der Waals surface area contributed by atoms with Gasteiger partial charge in [0.2, 0.25) is 5.91 Å². The van der Waals surface area contributed by atoms with E-state index in [4.69, 9.17) is 14.5 Å². The highest BCUT2D eigenvalue weighted by Crippen LogP contribution is 2.38. The lowest BCUT2D eigenvalue weighted by Gasteiger charge is -2.37. The second kappa shape index (κ2) is 11.7. The van der Waals surface area contributed by atoms with E-state index in [9.17, 15) is 4.79 Å². The van der Waals surface area contributed by atoms with Crippen molar-refractivity contribution < 1.29 is 14.3 Å². The summed E-state index contributed by atoms with van der Waals surface area (Å²) < 4.78 is 12.5. The summed E-state index contributed by atoms with van der Waals surface area (Å²) in [5.41, 5.74) is 3.63. The topological polar surface area (TPSA) is 102 Å². The van der Waals surface area contributed by atoms with E-state index in [1.54, 1.807) is 0 Å². The Balaban J connectivity index is 1.31. The standard InChI is InChI=1S/C29H37N6O3P/c1-35-9-8-19-11-26(35)29(36)33-15-22(39)16-38-28-23(6-7-25-24(28)10-20(34-19)14-30-25)18-12-31-27(32-13-18)17-37-21-4-2-3-5-21/h6-7,10,12-14,19,21-22,26,34H,2-5,8-9,11,15-17,39H2,1H3,(H,33,36)/t19-,22?,26-/m0/s1. The van der Waals surface area contributed by atoms with E-state index in [2.05, 4.69) is 40.8 Å². The van der Waals surface area contributed by atoms with E-state index in [0.29, 0.717) is 31.7 Å². The number of likely N-dealkylation sites (N-methyl/N-ethyl adjacent to an activating group) is 1. The third kappa shape index (κ3) is 6.01. The molecule has 1 saturated carbocycles. The number of carbonyl (C=O) groups is 1. The highest BCUT2D eigenvalue weighted by molar-refractivity contribution is 7.17. The Kier molecular flexibility index (Phi) is 7.91. The number of anilines is 1. The van der Waals surface area contributed by atoms with Crippen LogP contribution in [0.3, 0.4) is 0 Å². The Hall–Kier alpha value is -2.87. The van der Waals surface area contributed by atoms with Crippen LogP contribution in [0.2, 0.25) is 0 Å². The zero-order chi connectivity index (χ0) is 26.8. The molecule has 4 bridgehead atoms. The first-order valence-corrected chi connectivity index (χ1v) is 14.7. The van der Waals surface area contributed by atoms with Gasteiger partial charge in [0.25, 0.3) is 0 Å². The molecule has 1 aromatic carbocycles. The number of fused-ring (bicyclic) bond motifs is 3. The zero-order valence-electron chi connectivity index (χ0n) is 22.4. The summed E-state index contributed by atoms with van der Waals surface area (Å²) >= 11 is 0. The van der Waals surface area contributed by atoms with Gasteiger partial charge >= 0.3 is 0 Å². The Bertz CT molecular complexity index is 1320. The van der Waals surface area contributed by atoms with Crippen molar-refractivity contribution >= 4 is 31.7 Å². The number of nitrogens with zero attached hydrogens (tertiary/aromatic N) is 4. The van der Waals surface area contributed by atoms with Crippen molar-refractivity contribution in [3.05, 3.63) is 42.6 Å². The van der Waals surface area contributed by atoms with Crippen LogP contribution < -0.4 is 15.4 Å². The zero-order valence-corrected chi connectivity index (χ0v) is 23.6. The SMILES string of the molecule is CN1CC[C@H]2C[C@H]1C(=O)NCC(P)COc1c(-c3cnc(COC4CCCC4)nc3)ccc3ncc(cc13)N2. The average molecular weight is 549 g/mol. The Labute approximate surface area is 231 Å². The smallest absolute Gasteiger partial charge is 0.237 e. The van der Waals surface area contributed by atoms with Crippen LogP contribution in [-0.4, -0.2) is 76.3 Å². The lowest BCUT2D eigenvalue weighted by atomic mass is 9.96. The van der Waals surface area contributed by atoms with Crippen molar-refractivity contribution in [2.24, 2.45) is 0 Å². The average Bonchev–Trinajstić information content (AvgIpc) is 3.48. The van der Waals surface area contributed by atoms with Gasteiger partial charge in [-0.1, -0.05) is 12.8 Å². The summed E-state index contributed by atoms with van der Waals surface area (Å²) in [5, 5.41) is 7.71. The number of hydrogen-bond donors (Lipinski definition) is 2. The molecule has 3 aliphatic rings. The quantitative estimate of drug-likeness (QED) is 0.475. The molecule has 206 valence electrons. The molecule has 2 aromatic heterocycles. The number of hydrogen-bond acceptors (Lipinski definition) is 8. The number of carbonyl (C=O) groups excluding carboxylic acids is 1. The molecule has 6 rings (SSSR count). The molecule has 10 heteroatoms. The van der Waals surface area contributed by atoms with Crippen LogP contribution in [0.5, 0.6) is 5.75 Å². The van der Waals surface area contributed by atoms with Crippen LogP contribution in [0.15, 0.2) is 36.8 Å². The fraction of sp³-hybridized carbons (Fsp3) is 0.517. The normalized spacial score (nSPS) is 24.7. The predicted octanol–water partition coefficient (Wildman–Crippen LogP) is 3.78. The summed E-state index contributed by atoms with van der Waals surface area (Å²) in [4.78, 5) is 29.1. The van der Waals surface area contributed by atoms with Crippen LogP contribution in [0.1, 0.15) is 44.3 Å². The number of amides is 1. The van der Waals surface area contributed by atoms with Crippen LogP contribution >= 0.6 is 9.24 Å². The minimum atomic E-state index is -0.153. The first kappa shape index (κ1) is 26.4. The van der Waals surface area contributed by atoms with E-state index in [1.165, 1.54) is 12.8 Å². The van der Waals surface area contributed by atoms with Gasteiger partial charge in [-0.2, -0.15) is 0 Å². The van der Waals surface area contributed by atoms with Gasteiger partial charge in [0, 0.05) is 53.7 Å². The van der Waals surface area contributed by atoms with Crippen molar-refractivity contribution in [2.75, 3.05) is 32.1 Å². The van der Waals surface area contributed by atoms with E-state index >= 15 is 0 Å². The van der Waals surface area contributed by atoms with Crippen molar-refractivity contribution in [3.63, 3.8) is 0 Å². The monoisotopic (exact) mass is 548 g/mol. The van der Waals surface area contributed by atoms with Crippen molar-refractivity contribution in [3.8, 4) is 16.9 Å². The molecule has 2 unspecified atom stereocenters. The number of piperidine rings is 1. The molecule has 4 atom stereocenters. The first-order valence-electron chi connectivity index (χ1n) is 14.0. The summed E-state index contributed by atoms with van der Waals surface area (Å²) in [6.45, 7) is 2.24. The molecule has 1 saturated heterocycles. The maximum atomic E-state index is 13.0. The summed E-state index contributed by atoms with van der Waals surface area (Å²) in [7, 11) is 4.83. The van der Waals surface area contributed by atoms with Crippen molar-refractivity contribution in [1.82, 2.24) is 25.2 Å². The predicted molar refractivity (Wildman–Crippen MR) is 155 cm³/mol. The number of rotatable bonds is 4. The van der Waals surface area contributed by atoms with Crippen LogP contribution in [0, 0.1) is 0 Å². The van der Waals surface area contributed by atoms with Gasteiger partial charge in [-0.15, -0.1) is 9.24 Å². The minimum absolute atomic E-state index is 0.0466. The number of likely N-dealkylation sites (tertiary alicyclic amines) is 1. The van der Waals surface area contributed by atoms with Gasteiger partial charge in [0.05, 0.1) is 36.2 Å². The molecule has 39 heavy (non-hydrogen) atoms. The Morgan fingerprint density at radius 2 is 1.95 bits per heavy atom. The Morgan fingerprint density at radius 1 is 1.13 bits per heavy atom. The van der Waals surface area contributed by atoms with Crippen LogP contribution in [-0.2, 0) is 16.1 Å². The molecule has 2 N–H and O–H groups in total. The van der Waals surface area contributed by atoms with E-state index in [0.717, 1.165) is 65.7 Å². The molecule has 1 amide bonds. The molecular formula is C29H37N6O3P. The molecule has 4 heterocycles. The molecule has 1 aliphatic carbocycles. The summed E-state index contributed by atoms with van der Waals surface area (Å²) in [6, 6.07) is 6.19. The number of ether oxygens (including phenoxy) is 2. The molecular weight excluding hydrogens is 511 g/mol. The number of aromatic nitrogens is 3. The number of nitrogens with one attached hydrogen (secondary N) is 2. The van der Waals surface area contributed by atoms with Gasteiger partial charge in [-0.25, -0.2) is 9.97 Å². The fourth-order valence-corrected chi connectivity index (χ4v) is 6.02. The first-order chi connectivity index (χ1) is 19.0. The summed E-state index contributed by atoms with van der Waals surface area (Å²) in [6.07, 6.45) is 12.3. The molecule has 0 radical (unpaired) electrons. The molecule has 3 aromatic rings. The second-order valence-electron chi connectivity index (χ2n) is 11.0.